The first-order chi connectivity index (χ1) is 11.6. The van der Waals surface area contributed by atoms with Crippen molar-refractivity contribution in [3.05, 3.63) is 40.7 Å². The number of carbonyl (C=O) groups is 1. The van der Waals surface area contributed by atoms with Crippen molar-refractivity contribution in [1.82, 2.24) is 20.3 Å². The van der Waals surface area contributed by atoms with Crippen LogP contribution in [0, 0.1) is 0 Å². The van der Waals surface area contributed by atoms with Gasteiger partial charge in [0.25, 0.3) is 5.91 Å². The molecule has 1 atom stereocenters. The summed E-state index contributed by atoms with van der Waals surface area (Å²) in [7, 11) is 0. The van der Waals surface area contributed by atoms with Crippen LogP contribution >= 0.6 is 11.6 Å². The van der Waals surface area contributed by atoms with E-state index in [-0.39, 0.29) is 11.9 Å². The number of nitrogens with two attached hydrogens (primary N) is 1. The number of nitrogens with zero attached hydrogens (tertiary/aromatic N) is 3. The quantitative estimate of drug-likeness (QED) is 0.767. The topological polar surface area (TPSA) is 85.8 Å². The van der Waals surface area contributed by atoms with Crippen LogP contribution in [0.5, 0.6) is 0 Å². The summed E-state index contributed by atoms with van der Waals surface area (Å²) in [5.41, 5.74) is 7.63. The highest BCUT2D eigenvalue weighted by atomic mass is 35.5. The monoisotopic (exact) mass is 349 g/mol. The van der Waals surface area contributed by atoms with Gasteiger partial charge in [0.2, 0.25) is 0 Å². The summed E-state index contributed by atoms with van der Waals surface area (Å²) in [5.74, 6) is -0.230. The smallest absolute Gasteiger partial charge is 0.274 e. The predicted octanol–water partition coefficient (Wildman–Crippen LogP) is 2.73. The molecule has 1 unspecified atom stereocenters. The fraction of sp³-hybridized carbons (Fsp3) is 0.471. The van der Waals surface area contributed by atoms with Gasteiger partial charge in [-0.3, -0.25) is 4.79 Å². The maximum absolute atomic E-state index is 12.6. The normalized spacial score (nSPS) is 12.2. The van der Waals surface area contributed by atoms with E-state index in [1.807, 2.05) is 19.1 Å². The first kappa shape index (κ1) is 18.4. The number of hydrogen-bond acceptors (Lipinski definition) is 4. The average Bonchev–Trinajstić information content (AvgIpc) is 3.02. The molecule has 130 valence electrons. The average molecular weight is 350 g/mol. The summed E-state index contributed by atoms with van der Waals surface area (Å²) in [6.07, 6.45) is 3.59. The molecule has 0 radical (unpaired) electrons. The zero-order chi connectivity index (χ0) is 17.5. The van der Waals surface area contributed by atoms with E-state index in [2.05, 4.69) is 22.6 Å². The van der Waals surface area contributed by atoms with Crippen LogP contribution in [0.3, 0.4) is 0 Å². The van der Waals surface area contributed by atoms with Gasteiger partial charge in [0, 0.05) is 17.6 Å². The molecule has 0 aliphatic heterocycles. The molecule has 7 heteroatoms. The number of hydrogen-bond donors (Lipinski definition) is 2. The third kappa shape index (κ3) is 4.33. The van der Waals surface area contributed by atoms with Crippen molar-refractivity contribution in [2.45, 2.75) is 45.6 Å². The molecule has 0 bridgehead atoms. The van der Waals surface area contributed by atoms with Gasteiger partial charge in [-0.15, -0.1) is 5.10 Å². The van der Waals surface area contributed by atoms with Crippen LogP contribution in [0.2, 0.25) is 5.02 Å². The van der Waals surface area contributed by atoms with Gasteiger partial charge < -0.3 is 11.1 Å². The summed E-state index contributed by atoms with van der Waals surface area (Å²) in [5, 5.41) is 11.8. The molecule has 6 nitrogen and oxygen atoms in total. The van der Waals surface area contributed by atoms with Gasteiger partial charge in [0.05, 0.1) is 11.4 Å². The molecule has 0 saturated heterocycles. The Bertz CT molecular complexity index is 685. The first-order valence-corrected chi connectivity index (χ1v) is 8.69. The lowest BCUT2D eigenvalue weighted by molar-refractivity contribution is 0.0929. The number of benzene rings is 1. The van der Waals surface area contributed by atoms with Crippen molar-refractivity contribution in [3.8, 4) is 5.69 Å². The Labute approximate surface area is 147 Å². The summed E-state index contributed by atoms with van der Waals surface area (Å²) >= 11 is 6.04. The van der Waals surface area contributed by atoms with E-state index in [0.717, 1.165) is 30.6 Å². The van der Waals surface area contributed by atoms with Gasteiger partial charge in [-0.2, -0.15) is 0 Å². The van der Waals surface area contributed by atoms with E-state index in [9.17, 15) is 4.79 Å². The zero-order valence-corrected chi connectivity index (χ0v) is 14.9. The second-order valence-electron chi connectivity index (χ2n) is 5.68. The molecule has 0 aliphatic rings. The summed E-state index contributed by atoms with van der Waals surface area (Å²) < 4.78 is 1.66. The molecule has 1 aromatic carbocycles. The second-order valence-corrected chi connectivity index (χ2v) is 6.11. The van der Waals surface area contributed by atoms with Crippen LogP contribution in [-0.4, -0.2) is 33.5 Å². The number of aromatic nitrogens is 3. The predicted molar refractivity (Wildman–Crippen MR) is 95.6 cm³/mol. The summed E-state index contributed by atoms with van der Waals surface area (Å²) in [6, 6.07) is 7.26. The highest BCUT2D eigenvalue weighted by Gasteiger charge is 2.21. The number of carbonyl (C=O) groups excluding carboxylic acids is 1. The van der Waals surface area contributed by atoms with Crippen molar-refractivity contribution >= 4 is 17.5 Å². The zero-order valence-electron chi connectivity index (χ0n) is 14.1. The summed E-state index contributed by atoms with van der Waals surface area (Å²) in [6.45, 7) is 4.49. The van der Waals surface area contributed by atoms with E-state index in [1.165, 1.54) is 0 Å². The van der Waals surface area contributed by atoms with E-state index in [4.69, 9.17) is 17.3 Å². The fourth-order valence-corrected chi connectivity index (χ4v) is 2.75. The standard InChI is InChI=1S/C17H24ClN5O/c1-3-5-8-13(11-19)20-17(24)16-15(4-2)23(22-21-16)14-9-6-7-12(18)10-14/h6-7,9-10,13H,3-5,8,11,19H2,1-2H3,(H,20,24). The fourth-order valence-electron chi connectivity index (χ4n) is 2.56. The van der Waals surface area contributed by atoms with Crippen LogP contribution in [0.1, 0.15) is 49.3 Å². The third-order valence-corrected chi connectivity index (χ3v) is 4.13. The molecule has 1 heterocycles. The highest BCUT2D eigenvalue weighted by molar-refractivity contribution is 6.30. The molecule has 2 aromatic rings. The molecule has 0 fully saturated rings. The molecule has 0 spiro atoms. The third-order valence-electron chi connectivity index (χ3n) is 3.89. The molecule has 2 rings (SSSR count). The lowest BCUT2D eigenvalue weighted by Gasteiger charge is -2.16. The molecule has 3 N–H and O–H groups in total. The van der Waals surface area contributed by atoms with E-state index in [1.54, 1.807) is 16.8 Å². The first-order valence-electron chi connectivity index (χ1n) is 8.32. The Morgan fingerprint density at radius 3 is 2.83 bits per heavy atom. The Morgan fingerprint density at radius 1 is 1.42 bits per heavy atom. The summed E-state index contributed by atoms with van der Waals surface area (Å²) in [4.78, 5) is 12.6. The van der Waals surface area contributed by atoms with Crippen molar-refractivity contribution < 1.29 is 4.79 Å². The van der Waals surface area contributed by atoms with E-state index in [0.29, 0.717) is 23.7 Å². The number of halogens is 1. The molecular weight excluding hydrogens is 326 g/mol. The van der Waals surface area contributed by atoms with Gasteiger partial charge in [-0.1, -0.05) is 49.6 Å². The molecule has 1 amide bonds. The lowest BCUT2D eigenvalue weighted by atomic mass is 10.1. The van der Waals surface area contributed by atoms with Gasteiger partial charge in [-0.25, -0.2) is 4.68 Å². The van der Waals surface area contributed by atoms with Gasteiger partial charge in [0.1, 0.15) is 0 Å². The Morgan fingerprint density at radius 2 is 2.21 bits per heavy atom. The molecule has 1 aromatic heterocycles. The highest BCUT2D eigenvalue weighted by Crippen LogP contribution is 2.18. The van der Waals surface area contributed by atoms with Crippen molar-refractivity contribution in [2.24, 2.45) is 5.73 Å². The second kappa shape index (κ2) is 8.80. The maximum Gasteiger partial charge on any atom is 0.274 e. The van der Waals surface area contributed by atoms with E-state index >= 15 is 0 Å². The molecule has 0 saturated carbocycles. The Kier molecular flexibility index (Phi) is 6.75. The number of rotatable bonds is 8. The van der Waals surface area contributed by atoms with Crippen LogP contribution in [0.15, 0.2) is 24.3 Å². The number of unbranched alkanes of at least 4 members (excludes halogenated alkanes) is 1. The SMILES string of the molecule is CCCCC(CN)NC(=O)c1nnn(-c2cccc(Cl)c2)c1CC. The van der Waals surface area contributed by atoms with Crippen LogP contribution in [0.4, 0.5) is 0 Å². The lowest BCUT2D eigenvalue weighted by Crippen LogP contribution is -2.40. The van der Waals surface area contributed by atoms with Crippen LogP contribution in [0.25, 0.3) is 5.69 Å². The van der Waals surface area contributed by atoms with Gasteiger partial charge >= 0.3 is 0 Å². The van der Waals surface area contributed by atoms with Crippen molar-refractivity contribution in [3.63, 3.8) is 0 Å². The van der Waals surface area contributed by atoms with Gasteiger partial charge in [-0.05, 0) is 31.0 Å². The van der Waals surface area contributed by atoms with Crippen LogP contribution in [-0.2, 0) is 6.42 Å². The minimum absolute atomic E-state index is 0.0431. The van der Waals surface area contributed by atoms with E-state index < -0.39 is 0 Å². The Balaban J connectivity index is 2.23. The largest absolute Gasteiger partial charge is 0.347 e. The maximum atomic E-state index is 12.6. The van der Waals surface area contributed by atoms with Crippen molar-refractivity contribution in [1.29, 1.82) is 0 Å². The van der Waals surface area contributed by atoms with Crippen molar-refractivity contribution in [2.75, 3.05) is 6.54 Å². The van der Waals surface area contributed by atoms with Gasteiger partial charge in [0.15, 0.2) is 5.69 Å². The number of amides is 1. The van der Waals surface area contributed by atoms with Crippen LogP contribution < -0.4 is 11.1 Å². The number of nitrogens with one attached hydrogen (secondary N) is 1. The molecule has 0 aliphatic carbocycles. The molecular formula is C17H24ClN5O. The molecule has 24 heavy (non-hydrogen) atoms. The minimum Gasteiger partial charge on any atom is -0.347 e. The minimum atomic E-state index is -0.230. The Hall–Kier alpha value is -1.92.